The number of carboxylic acids is 3. The van der Waals surface area contributed by atoms with E-state index in [2.05, 4.69) is 85.1 Å². The van der Waals surface area contributed by atoms with Gasteiger partial charge in [-0.3, -0.25) is 14.5 Å². The number of aliphatic hydroxyl groups is 1. The highest BCUT2D eigenvalue weighted by Crippen LogP contribution is 2.33. The van der Waals surface area contributed by atoms with Crippen molar-refractivity contribution in [3.05, 3.63) is 53.6 Å². The summed E-state index contributed by atoms with van der Waals surface area (Å²) in [6, 6.07) is 11.3. The summed E-state index contributed by atoms with van der Waals surface area (Å²) in [5.74, 6) is -5.02. The average Bonchev–Trinajstić information content (AvgIpc) is 3.15. The first-order valence-electron chi connectivity index (χ1n) is 12.5. The minimum absolute atomic E-state index is 0.141. The van der Waals surface area contributed by atoms with E-state index < -0.39 is 36.4 Å². The fraction of sp³-hybridized carbons (Fsp3) is 0.556. The minimum atomic E-state index is -2.74. The zero-order valence-electron chi connectivity index (χ0n) is 22.7. The van der Waals surface area contributed by atoms with E-state index in [0.29, 0.717) is 6.04 Å². The average molecular weight is 533 g/mol. The molecular formula is C27H40N4O7. The molecule has 0 bridgehead atoms. The van der Waals surface area contributed by atoms with Crippen LogP contribution in [0.25, 0.3) is 0 Å². The summed E-state index contributed by atoms with van der Waals surface area (Å²) < 4.78 is 0. The van der Waals surface area contributed by atoms with Gasteiger partial charge in [0.2, 0.25) is 0 Å². The molecule has 11 heteroatoms. The number of rotatable bonds is 10. The molecule has 0 unspecified atom stereocenters. The number of benzene rings is 1. The molecule has 1 aromatic heterocycles. The number of piperidine rings is 1. The highest BCUT2D eigenvalue weighted by molar-refractivity contribution is 5.88. The number of aryl methyl sites for hydroxylation is 1. The molecule has 0 radical (unpaired) electrons. The van der Waals surface area contributed by atoms with Gasteiger partial charge in [-0.05, 0) is 53.0 Å². The number of carboxylic acid groups (broad SMARTS) is 3. The molecule has 6 N–H and O–H groups in total. The van der Waals surface area contributed by atoms with Gasteiger partial charge in [-0.1, -0.05) is 30.3 Å². The maximum absolute atomic E-state index is 10.3. The first kappa shape index (κ1) is 30.9. The van der Waals surface area contributed by atoms with Gasteiger partial charge in [0, 0.05) is 35.9 Å². The van der Waals surface area contributed by atoms with Crippen molar-refractivity contribution in [3.63, 3.8) is 0 Å². The molecule has 1 fully saturated rings. The lowest BCUT2D eigenvalue weighted by atomic mass is 9.79. The number of carbonyl (C=O) groups is 3. The quantitative estimate of drug-likeness (QED) is 0.267. The Morgan fingerprint density at radius 1 is 0.974 bits per heavy atom. The summed E-state index contributed by atoms with van der Waals surface area (Å²) in [5.41, 5.74) is 1.24. The zero-order valence-corrected chi connectivity index (χ0v) is 22.7. The summed E-state index contributed by atoms with van der Waals surface area (Å²) in [6.07, 6.45) is 1.81. The van der Waals surface area contributed by atoms with E-state index in [9.17, 15) is 14.4 Å². The van der Waals surface area contributed by atoms with Gasteiger partial charge in [-0.25, -0.2) is 9.78 Å². The number of aliphatic carboxylic acids is 3. The Bertz CT molecular complexity index is 1070. The van der Waals surface area contributed by atoms with Crippen LogP contribution < -0.4 is 5.32 Å². The van der Waals surface area contributed by atoms with Crippen LogP contribution >= 0.6 is 0 Å². The van der Waals surface area contributed by atoms with Crippen LogP contribution in [0.2, 0.25) is 0 Å². The van der Waals surface area contributed by atoms with Crippen LogP contribution in [0.1, 0.15) is 70.3 Å². The van der Waals surface area contributed by atoms with Crippen molar-refractivity contribution in [1.29, 1.82) is 0 Å². The van der Waals surface area contributed by atoms with E-state index in [1.807, 2.05) is 6.33 Å². The first-order chi connectivity index (χ1) is 17.5. The molecule has 2 aromatic rings. The SMILES string of the molecule is Cc1[nH]cnc1CN(Cc1ccccc1)C1CC(C)(C)NC(C)(C)C1.O=C(O)CC(O)(CC(=O)O)C(=O)O. The van der Waals surface area contributed by atoms with Crippen LogP contribution in [0, 0.1) is 6.92 Å². The van der Waals surface area contributed by atoms with Gasteiger partial charge in [-0.2, -0.15) is 0 Å². The van der Waals surface area contributed by atoms with E-state index >= 15 is 0 Å². The standard InChI is InChI=1S/C21H32N4.C6H8O7/c1-16-19(23-15-22-16)14-25(13-17-9-7-6-8-10-17)18-11-20(2,3)24-21(4,5)12-18;7-3(8)1-6(13,5(11)12)2-4(9)10/h6-10,15,18,24H,11-14H2,1-5H3,(H,22,23);13H,1-2H2,(H,7,8)(H,9,10)(H,11,12). The second-order valence-electron chi connectivity index (χ2n) is 11.3. The zero-order chi connectivity index (χ0) is 28.7. The molecule has 1 aromatic carbocycles. The maximum atomic E-state index is 10.3. The fourth-order valence-corrected chi connectivity index (χ4v) is 5.11. The molecule has 0 saturated carbocycles. The lowest BCUT2D eigenvalue weighted by molar-refractivity contribution is -0.170. The lowest BCUT2D eigenvalue weighted by Crippen LogP contribution is -2.62. The van der Waals surface area contributed by atoms with Crippen LogP contribution in [0.4, 0.5) is 0 Å². The van der Waals surface area contributed by atoms with Gasteiger partial charge < -0.3 is 30.7 Å². The van der Waals surface area contributed by atoms with Crippen LogP contribution in [0.3, 0.4) is 0 Å². The number of nitrogens with one attached hydrogen (secondary N) is 2. The highest BCUT2D eigenvalue weighted by atomic mass is 16.4. The normalized spacial score (nSPS) is 16.9. The van der Waals surface area contributed by atoms with Crippen molar-refractivity contribution in [2.45, 2.75) is 96.1 Å². The highest BCUT2D eigenvalue weighted by Gasteiger charge is 2.41. The molecular weight excluding hydrogens is 492 g/mol. The van der Waals surface area contributed by atoms with Crippen LogP contribution in [0.5, 0.6) is 0 Å². The second kappa shape index (κ2) is 12.5. The Labute approximate surface area is 222 Å². The second-order valence-corrected chi connectivity index (χ2v) is 11.3. The number of hydrogen-bond donors (Lipinski definition) is 6. The van der Waals surface area contributed by atoms with E-state index in [4.69, 9.17) is 20.4 Å². The summed E-state index contributed by atoms with van der Waals surface area (Å²) in [5, 5.41) is 37.6. The van der Waals surface area contributed by atoms with Gasteiger partial charge in [0.15, 0.2) is 5.60 Å². The Morgan fingerprint density at radius 2 is 1.50 bits per heavy atom. The van der Waals surface area contributed by atoms with E-state index in [-0.39, 0.29) is 11.1 Å². The molecule has 11 nitrogen and oxygen atoms in total. The molecule has 2 heterocycles. The summed E-state index contributed by atoms with van der Waals surface area (Å²) in [6.45, 7) is 13.2. The van der Waals surface area contributed by atoms with E-state index in [0.717, 1.165) is 31.6 Å². The monoisotopic (exact) mass is 532 g/mol. The Morgan fingerprint density at radius 3 is 1.92 bits per heavy atom. The van der Waals surface area contributed by atoms with Gasteiger partial charge in [0.25, 0.3) is 0 Å². The number of nitrogens with zero attached hydrogens (tertiary/aromatic N) is 2. The number of hydrogen-bond acceptors (Lipinski definition) is 7. The van der Waals surface area contributed by atoms with Crippen LogP contribution in [-0.4, -0.2) is 75.9 Å². The smallest absolute Gasteiger partial charge is 0.336 e. The van der Waals surface area contributed by atoms with Gasteiger partial charge in [0.05, 0.1) is 24.9 Å². The van der Waals surface area contributed by atoms with Gasteiger partial charge in [-0.15, -0.1) is 0 Å². The molecule has 0 spiro atoms. The van der Waals surface area contributed by atoms with E-state index in [1.54, 1.807) is 0 Å². The fourth-order valence-electron chi connectivity index (χ4n) is 5.11. The Kier molecular flexibility index (Phi) is 10.2. The molecule has 0 aliphatic carbocycles. The predicted octanol–water partition coefficient (Wildman–Crippen LogP) is 2.78. The molecule has 3 rings (SSSR count). The van der Waals surface area contributed by atoms with Crippen molar-refractivity contribution in [2.24, 2.45) is 0 Å². The Hall–Kier alpha value is -3.28. The van der Waals surface area contributed by atoms with Crippen LogP contribution in [-0.2, 0) is 27.5 Å². The molecule has 0 amide bonds. The third kappa shape index (κ3) is 9.55. The third-order valence-electron chi connectivity index (χ3n) is 6.49. The lowest BCUT2D eigenvalue weighted by Gasteiger charge is -2.49. The van der Waals surface area contributed by atoms with Gasteiger partial charge >= 0.3 is 17.9 Å². The van der Waals surface area contributed by atoms with Crippen molar-refractivity contribution in [3.8, 4) is 0 Å². The minimum Gasteiger partial charge on any atom is -0.481 e. The topological polar surface area (TPSA) is 176 Å². The molecule has 1 aliphatic heterocycles. The summed E-state index contributed by atoms with van der Waals surface area (Å²) >= 11 is 0. The van der Waals surface area contributed by atoms with Crippen molar-refractivity contribution < 1.29 is 34.8 Å². The molecule has 0 atom stereocenters. The molecule has 210 valence electrons. The van der Waals surface area contributed by atoms with E-state index in [1.165, 1.54) is 11.3 Å². The van der Waals surface area contributed by atoms with Crippen molar-refractivity contribution >= 4 is 17.9 Å². The summed E-state index contributed by atoms with van der Waals surface area (Å²) in [4.78, 5) is 40.9. The van der Waals surface area contributed by atoms with Crippen molar-refractivity contribution in [1.82, 2.24) is 20.2 Å². The largest absolute Gasteiger partial charge is 0.481 e. The van der Waals surface area contributed by atoms with Crippen molar-refractivity contribution in [2.75, 3.05) is 0 Å². The molecule has 1 saturated heterocycles. The summed E-state index contributed by atoms with van der Waals surface area (Å²) in [7, 11) is 0. The third-order valence-corrected chi connectivity index (χ3v) is 6.49. The number of aromatic nitrogens is 2. The molecule has 1 aliphatic rings. The number of aromatic amines is 1. The van der Waals surface area contributed by atoms with Gasteiger partial charge in [0.1, 0.15) is 0 Å². The number of imidazole rings is 1. The predicted molar refractivity (Wildman–Crippen MR) is 140 cm³/mol. The van der Waals surface area contributed by atoms with Crippen LogP contribution in [0.15, 0.2) is 36.7 Å². The number of H-pyrrole nitrogens is 1. The maximum Gasteiger partial charge on any atom is 0.336 e. The Balaban J connectivity index is 0.000000332. The molecule has 38 heavy (non-hydrogen) atoms. The first-order valence-corrected chi connectivity index (χ1v) is 12.5.